The van der Waals surface area contributed by atoms with Gasteiger partial charge >= 0.3 is 0 Å². The zero-order chi connectivity index (χ0) is 17.1. The maximum atomic E-state index is 13.3. The van der Waals surface area contributed by atoms with Crippen molar-refractivity contribution in [2.24, 2.45) is 10.2 Å². The van der Waals surface area contributed by atoms with Crippen LogP contribution in [0.1, 0.15) is 5.56 Å². The number of aromatic amines is 1. The number of nitrogens with zero attached hydrogens (tertiary/aromatic N) is 2. The highest BCUT2D eigenvalue weighted by atomic mass is 19.1. The molecule has 1 aromatic heterocycles. The summed E-state index contributed by atoms with van der Waals surface area (Å²) in [4.78, 5) is 14.5. The van der Waals surface area contributed by atoms with Crippen LogP contribution in [-0.4, -0.2) is 22.5 Å². The number of halogens is 1. The lowest BCUT2D eigenvalue weighted by Gasteiger charge is -2.03. The van der Waals surface area contributed by atoms with Crippen molar-refractivity contribution in [1.82, 2.24) is 4.98 Å². The van der Waals surface area contributed by atoms with E-state index in [4.69, 9.17) is 0 Å². The third-order valence-electron chi connectivity index (χ3n) is 3.47. The number of amides is 1. The maximum absolute atomic E-state index is 13.3. The quantitative estimate of drug-likeness (QED) is 0.632. The number of rotatable bonds is 4. The first-order valence-electron chi connectivity index (χ1n) is 7.28. The summed E-state index contributed by atoms with van der Waals surface area (Å²) in [6.07, 6.45) is 0. The van der Waals surface area contributed by atoms with Gasteiger partial charge < -0.3 is 15.4 Å². The summed E-state index contributed by atoms with van der Waals surface area (Å²) in [6.45, 7) is 1.93. The molecule has 7 heteroatoms. The zero-order valence-electron chi connectivity index (χ0n) is 12.9. The van der Waals surface area contributed by atoms with E-state index in [2.05, 4.69) is 20.5 Å². The number of H-pyrrole nitrogens is 1. The molecule has 0 aliphatic carbocycles. The lowest BCUT2D eigenvalue weighted by molar-refractivity contribution is -0.116. The fourth-order valence-corrected chi connectivity index (χ4v) is 2.23. The molecule has 1 amide bonds. The van der Waals surface area contributed by atoms with E-state index < -0.39 is 11.7 Å². The third kappa shape index (κ3) is 3.40. The summed E-state index contributed by atoms with van der Waals surface area (Å²) in [6, 6.07) is 11.5. The van der Waals surface area contributed by atoms with Gasteiger partial charge in [-0.05, 0) is 37.3 Å². The molecule has 0 fully saturated rings. The van der Waals surface area contributed by atoms with Crippen molar-refractivity contribution in [3.8, 4) is 5.88 Å². The molecule has 6 nitrogen and oxygen atoms in total. The van der Waals surface area contributed by atoms with Gasteiger partial charge in [0.25, 0.3) is 5.91 Å². The number of hydrogen-bond donors (Lipinski definition) is 3. The number of carbonyl (C=O) groups excluding carboxylic acids is 1. The van der Waals surface area contributed by atoms with Crippen molar-refractivity contribution in [1.29, 1.82) is 0 Å². The molecule has 0 aliphatic rings. The summed E-state index contributed by atoms with van der Waals surface area (Å²) >= 11 is 0. The van der Waals surface area contributed by atoms with Gasteiger partial charge in [-0.15, -0.1) is 10.2 Å². The van der Waals surface area contributed by atoms with Crippen molar-refractivity contribution in [3.63, 3.8) is 0 Å². The summed E-state index contributed by atoms with van der Waals surface area (Å²) < 4.78 is 13.3. The first-order valence-corrected chi connectivity index (χ1v) is 7.28. The Morgan fingerprint density at radius 2 is 2.00 bits per heavy atom. The number of aryl methyl sites for hydroxylation is 1. The van der Waals surface area contributed by atoms with Crippen LogP contribution < -0.4 is 5.32 Å². The van der Waals surface area contributed by atoms with Crippen LogP contribution in [0.25, 0.3) is 10.9 Å². The van der Waals surface area contributed by atoms with Crippen molar-refractivity contribution < 1.29 is 14.3 Å². The Hall–Kier alpha value is -3.22. The molecule has 0 bridgehead atoms. The van der Waals surface area contributed by atoms with Gasteiger partial charge in [-0.2, -0.15) is 0 Å². The van der Waals surface area contributed by atoms with E-state index in [-0.39, 0.29) is 18.1 Å². The molecule has 3 aromatic rings. The zero-order valence-corrected chi connectivity index (χ0v) is 12.9. The van der Waals surface area contributed by atoms with Crippen LogP contribution in [0.4, 0.5) is 15.8 Å². The van der Waals surface area contributed by atoms with Crippen LogP contribution in [0.5, 0.6) is 5.88 Å². The Kier molecular flexibility index (Phi) is 4.24. The highest BCUT2D eigenvalue weighted by Gasteiger charge is 2.11. The van der Waals surface area contributed by atoms with E-state index in [0.29, 0.717) is 10.9 Å². The average molecular weight is 326 g/mol. The second-order valence-corrected chi connectivity index (χ2v) is 5.33. The lowest BCUT2D eigenvalue weighted by atomic mass is 10.2. The van der Waals surface area contributed by atoms with Crippen LogP contribution in [-0.2, 0) is 4.79 Å². The molecule has 3 N–H and O–H groups in total. The highest BCUT2D eigenvalue weighted by Crippen LogP contribution is 2.35. The third-order valence-corrected chi connectivity index (χ3v) is 3.47. The molecule has 0 atom stereocenters. The SMILES string of the molecule is Cc1ccc(NCC(=O)N=Nc2c(O)[nH]c3ccc(F)cc23)cc1. The molecule has 2 aromatic carbocycles. The summed E-state index contributed by atoms with van der Waals surface area (Å²) in [5, 5.41) is 20.4. The van der Waals surface area contributed by atoms with Crippen LogP contribution in [0.15, 0.2) is 52.7 Å². The molecule has 3 rings (SSSR count). The maximum Gasteiger partial charge on any atom is 0.283 e. The van der Waals surface area contributed by atoms with Crippen LogP contribution in [0, 0.1) is 12.7 Å². The highest BCUT2D eigenvalue weighted by molar-refractivity contribution is 5.94. The molecule has 0 saturated carbocycles. The molecule has 0 aliphatic heterocycles. The first kappa shape index (κ1) is 15.7. The summed E-state index contributed by atoms with van der Waals surface area (Å²) in [5.74, 6) is -1.25. The number of hydrogen-bond acceptors (Lipinski definition) is 4. The largest absolute Gasteiger partial charge is 0.493 e. The van der Waals surface area contributed by atoms with Crippen molar-refractivity contribution >= 4 is 28.2 Å². The van der Waals surface area contributed by atoms with Crippen LogP contribution in [0.3, 0.4) is 0 Å². The predicted octanol–water partition coefficient (Wildman–Crippen LogP) is 4.04. The number of anilines is 1. The van der Waals surface area contributed by atoms with E-state index >= 15 is 0 Å². The molecule has 0 saturated heterocycles. The van der Waals surface area contributed by atoms with Gasteiger partial charge in [-0.1, -0.05) is 17.7 Å². The molecule has 0 radical (unpaired) electrons. The monoisotopic (exact) mass is 326 g/mol. The Bertz CT molecular complexity index is 916. The number of carbonyl (C=O) groups is 1. The minimum absolute atomic E-state index is 0.0354. The molecule has 1 heterocycles. The summed E-state index contributed by atoms with van der Waals surface area (Å²) in [7, 11) is 0. The van der Waals surface area contributed by atoms with Gasteiger partial charge in [0.05, 0.1) is 12.1 Å². The average Bonchev–Trinajstić information content (AvgIpc) is 2.87. The Morgan fingerprint density at radius 3 is 2.75 bits per heavy atom. The van der Waals surface area contributed by atoms with E-state index in [1.807, 2.05) is 31.2 Å². The topological polar surface area (TPSA) is 89.8 Å². The van der Waals surface area contributed by atoms with Crippen molar-refractivity contribution in [2.75, 3.05) is 11.9 Å². The fourth-order valence-electron chi connectivity index (χ4n) is 2.23. The smallest absolute Gasteiger partial charge is 0.283 e. The number of nitrogens with one attached hydrogen (secondary N) is 2. The molecule has 0 spiro atoms. The van der Waals surface area contributed by atoms with E-state index in [0.717, 1.165) is 11.3 Å². The van der Waals surface area contributed by atoms with Gasteiger partial charge in [-0.25, -0.2) is 4.39 Å². The minimum Gasteiger partial charge on any atom is -0.493 e. The van der Waals surface area contributed by atoms with Gasteiger partial charge in [0.1, 0.15) is 5.82 Å². The number of benzene rings is 2. The normalized spacial score (nSPS) is 11.2. The summed E-state index contributed by atoms with van der Waals surface area (Å²) in [5.41, 5.74) is 2.45. The van der Waals surface area contributed by atoms with Crippen LogP contribution >= 0.6 is 0 Å². The number of aromatic nitrogens is 1. The fraction of sp³-hybridized carbons (Fsp3) is 0.118. The van der Waals surface area contributed by atoms with Gasteiger partial charge in [0.15, 0.2) is 5.69 Å². The minimum atomic E-state index is -0.513. The predicted molar refractivity (Wildman–Crippen MR) is 89.1 cm³/mol. The van der Waals surface area contributed by atoms with Crippen molar-refractivity contribution in [3.05, 3.63) is 53.8 Å². The Morgan fingerprint density at radius 1 is 1.25 bits per heavy atom. The Balaban J connectivity index is 1.71. The standard InChI is InChI=1S/C17H15FN4O2/c1-10-2-5-12(6-3-10)19-9-15(23)21-22-16-13-8-11(18)4-7-14(13)20-17(16)24/h2-8,19-20,24H,9H2,1H3. The Labute approximate surface area is 137 Å². The number of aromatic hydroxyl groups is 1. The van der Waals surface area contributed by atoms with Gasteiger partial charge in [-0.3, -0.25) is 4.79 Å². The van der Waals surface area contributed by atoms with Crippen molar-refractivity contribution in [2.45, 2.75) is 6.92 Å². The van der Waals surface area contributed by atoms with E-state index in [1.165, 1.54) is 18.2 Å². The number of azo groups is 1. The van der Waals surface area contributed by atoms with E-state index in [1.54, 1.807) is 0 Å². The van der Waals surface area contributed by atoms with Gasteiger partial charge in [0.2, 0.25) is 5.88 Å². The molecule has 122 valence electrons. The van der Waals surface area contributed by atoms with Crippen LogP contribution in [0.2, 0.25) is 0 Å². The second-order valence-electron chi connectivity index (χ2n) is 5.33. The number of fused-ring (bicyclic) bond motifs is 1. The lowest BCUT2D eigenvalue weighted by Crippen LogP contribution is -2.10. The van der Waals surface area contributed by atoms with E-state index in [9.17, 15) is 14.3 Å². The molecular formula is C17H15FN4O2. The second kappa shape index (κ2) is 6.49. The molecule has 24 heavy (non-hydrogen) atoms. The molecular weight excluding hydrogens is 311 g/mol. The first-order chi connectivity index (χ1) is 11.5. The molecule has 0 unspecified atom stereocenters. The van der Waals surface area contributed by atoms with Gasteiger partial charge in [0, 0.05) is 11.1 Å².